The van der Waals surface area contributed by atoms with Gasteiger partial charge in [0.1, 0.15) is 17.1 Å². The van der Waals surface area contributed by atoms with E-state index in [1.807, 2.05) is 0 Å². The average Bonchev–Trinajstić information content (AvgIpc) is 3.06. The molecule has 0 atom stereocenters. The summed E-state index contributed by atoms with van der Waals surface area (Å²) < 4.78 is 24.9. The standard InChI is InChI=1S/C20H15FN3O3/c1-10-4-5-14(8-15(10)21)26-20-22-9-16-19(24-20)27-18(23-16)13-6-11(2)17(25)12(3)7-13/h4-9H,1-3H3. The van der Waals surface area contributed by atoms with Crippen molar-refractivity contribution in [2.24, 2.45) is 0 Å². The minimum atomic E-state index is -0.372. The van der Waals surface area contributed by atoms with Crippen LogP contribution >= 0.6 is 0 Å². The monoisotopic (exact) mass is 364 g/mol. The SMILES string of the molecule is Cc1ccc(Oc2ncc3nc(-c4cc(C)c([O])c(C)c4)oc3n2)cc1F. The van der Waals surface area contributed by atoms with E-state index in [4.69, 9.17) is 9.15 Å². The van der Waals surface area contributed by atoms with E-state index in [0.29, 0.717) is 33.7 Å². The number of rotatable bonds is 3. The lowest BCUT2D eigenvalue weighted by Crippen LogP contribution is -1.92. The molecule has 4 aromatic rings. The summed E-state index contributed by atoms with van der Waals surface area (Å²) >= 11 is 0. The molecule has 0 saturated carbocycles. The summed E-state index contributed by atoms with van der Waals surface area (Å²) in [6.45, 7) is 5.16. The van der Waals surface area contributed by atoms with Gasteiger partial charge in [0.25, 0.3) is 5.71 Å². The average molecular weight is 364 g/mol. The summed E-state index contributed by atoms with van der Waals surface area (Å²) in [6, 6.07) is 7.98. The van der Waals surface area contributed by atoms with Gasteiger partial charge in [-0.05, 0) is 55.7 Å². The number of ether oxygens (including phenoxy) is 1. The number of hydrogen-bond donors (Lipinski definition) is 0. The molecule has 0 saturated heterocycles. The van der Waals surface area contributed by atoms with Crippen molar-refractivity contribution in [3.05, 3.63) is 59.0 Å². The van der Waals surface area contributed by atoms with Crippen LogP contribution in [0.1, 0.15) is 16.7 Å². The lowest BCUT2D eigenvalue weighted by molar-refractivity contribution is 0.348. The van der Waals surface area contributed by atoms with Crippen LogP contribution in [0.2, 0.25) is 0 Å². The molecule has 0 aliphatic rings. The zero-order valence-electron chi connectivity index (χ0n) is 14.9. The van der Waals surface area contributed by atoms with Gasteiger partial charge in [-0.15, -0.1) is 0 Å². The Morgan fingerprint density at radius 1 is 1.00 bits per heavy atom. The molecule has 0 aliphatic carbocycles. The van der Waals surface area contributed by atoms with Gasteiger partial charge in [-0.2, -0.15) is 4.98 Å². The molecule has 7 heteroatoms. The van der Waals surface area contributed by atoms with Crippen LogP contribution in [0.4, 0.5) is 4.39 Å². The second kappa shape index (κ2) is 6.35. The van der Waals surface area contributed by atoms with Crippen molar-refractivity contribution in [3.63, 3.8) is 0 Å². The molecule has 0 fully saturated rings. The Labute approximate surface area is 154 Å². The van der Waals surface area contributed by atoms with Crippen LogP contribution < -0.4 is 4.74 Å². The lowest BCUT2D eigenvalue weighted by atomic mass is 10.1. The fraction of sp³-hybridized carbons (Fsp3) is 0.150. The largest absolute Gasteiger partial charge is 0.424 e. The van der Waals surface area contributed by atoms with Crippen molar-refractivity contribution >= 4 is 11.2 Å². The van der Waals surface area contributed by atoms with Crippen molar-refractivity contribution in [3.8, 4) is 29.0 Å². The number of aromatic nitrogens is 3. The Morgan fingerprint density at radius 3 is 2.44 bits per heavy atom. The second-order valence-electron chi connectivity index (χ2n) is 6.31. The van der Waals surface area contributed by atoms with E-state index >= 15 is 0 Å². The van der Waals surface area contributed by atoms with Gasteiger partial charge in [0.15, 0.2) is 5.75 Å². The molecular formula is C20H15FN3O3. The van der Waals surface area contributed by atoms with E-state index in [1.165, 1.54) is 12.3 Å². The van der Waals surface area contributed by atoms with Crippen LogP contribution in [-0.2, 0) is 5.11 Å². The van der Waals surface area contributed by atoms with Gasteiger partial charge in [0.2, 0.25) is 5.89 Å². The van der Waals surface area contributed by atoms with Gasteiger partial charge in [-0.1, -0.05) is 6.07 Å². The molecule has 0 spiro atoms. The Kier molecular flexibility index (Phi) is 3.99. The van der Waals surface area contributed by atoms with Crippen LogP contribution in [0.5, 0.6) is 17.5 Å². The van der Waals surface area contributed by atoms with Crippen LogP contribution in [0, 0.1) is 26.6 Å². The number of fused-ring (bicyclic) bond motifs is 1. The molecular weight excluding hydrogens is 349 g/mol. The summed E-state index contributed by atoms with van der Waals surface area (Å²) in [5.41, 5.74) is 3.13. The van der Waals surface area contributed by atoms with E-state index in [2.05, 4.69) is 15.0 Å². The van der Waals surface area contributed by atoms with Gasteiger partial charge in [-0.3, -0.25) is 5.11 Å². The first-order chi connectivity index (χ1) is 12.9. The highest BCUT2D eigenvalue weighted by molar-refractivity contribution is 5.72. The van der Waals surface area contributed by atoms with E-state index in [-0.39, 0.29) is 29.0 Å². The molecule has 0 unspecified atom stereocenters. The number of oxazole rings is 1. The third kappa shape index (κ3) is 3.19. The Hall–Kier alpha value is -3.48. The molecule has 2 aromatic carbocycles. The highest BCUT2D eigenvalue weighted by Gasteiger charge is 2.15. The van der Waals surface area contributed by atoms with E-state index < -0.39 is 0 Å². The van der Waals surface area contributed by atoms with Crippen LogP contribution in [0.25, 0.3) is 22.7 Å². The Balaban J connectivity index is 1.68. The first kappa shape index (κ1) is 17.0. The predicted octanol–water partition coefficient (Wildman–Crippen LogP) is 5.29. The molecule has 0 aliphatic heterocycles. The highest BCUT2D eigenvalue weighted by atomic mass is 19.1. The van der Waals surface area contributed by atoms with Crippen molar-refractivity contribution in [2.75, 3.05) is 0 Å². The van der Waals surface area contributed by atoms with E-state index in [9.17, 15) is 9.50 Å². The van der Waals surface area contributed by atoms with Crippen molar-refractivity contribution in [1.29, 1.82) is 0 Å². The minimum absolute atomic E-state index is 0.00401. The molecule has 135 valence electrons. The molecule has 6 nitrogen and oxygen atoms in total. The van der Waals surface area contributed by atoms with Gasteiger partial charge >= 0.3 is 6.01 Å². The third-order valence-electron chi connectivity index (χ3n) is 4.19. The number of halogens is 1. The van der Waals surface area contributed by atoms with Crippen LogP contribution in [-0.4, -0.2) is 15.0 Å². The summed E-state index contributed by atoms with van der Waals surface area (Å²) in [4.78, 5) is 12.6. The number of benzene rings is 2. The predicted molar refractivity (Wildman–Crippen MR) is 95.9 cm³/mol. The van der Waals surface area contributed by atoms with Crippen molar-refractivity contribution in [2.45, 2.75) is 20.8 Å². The normalized spacial score (nSPS) is 11.1. The first-order valence-corrected chi connectivity index (χ1v) is 8.27. The van der Waals surface area contributed by atoms with Gasteiger partial charge in [-0.25, -0.2) is 14.4 Å². The van der Waals surface area contributed by atoms with E-state index in [0.717, 1.165) is 0 Å². The number of hydrogen-bond acceptors (Lipinski definition) is 5. The molecule has 2 heterocycles. The maximum atomic E-state index is 13.6. The zero-order chi connectivity index (χ0) is 19.1. The molecule has 1 radical (unpaired) electrons. The summed E-state index contributed by atoms with van der Waals surface area (Å²) in [6.07, 6.45) is 1.47. The van der Waals surface area contributed by atoms with E-state index in [1.54, 1.807) is 45.0 Å². The van der Waals surface area contributed by atoms with Crippen LogP contribution in [0.3, 0.4) is 0 Å². The van der Waals surface area contributed by atoms with Crippen molar-refractivity contribution < 1.29 is 18.7 Å². The molecule has 4 rings (SSSR count). The topological polar surface area (TPSA) is 80.9 Å². The van der Waals surface area contributed by atoms with Crippen molar-refractivity contribution in [1.82, 2.24) is 15.0 Å². The van der Waals surface area contributed by atoms with Gasteiger partial charge in [0, 0.05) is 11.6 Å². The minimum Gasteiger partial charge on any atom is -0.424 e. The summed E-state index contributed by atoms with van der Waals surface area (Å²) in [5.74, 6) is 0.247. The fourth-order valence-electron chi connectivity index (χ4n) is 2.71. The fourth-order valence-corrected chi connectivity index (χ4v) is 2.71. The van der Waals surface area contributed by atoms with Gasteiger partial charge in [0.05, 0.1) is 6.20 Å². The van der Waals surface area contributed by atoms with Gasteiger partial charge < -0.3 is 9.15 Å². The number of nitrogens with zero attached hydrogens (tertiary/aromatic N) is 3. The molecule has 27 heavy (non-hydrogen) atoms. The Morgan fingerprint density at radius 2 is 1.74 bits per heavy atom. The number of aryl methyl sites for hydroxylation is 3. The summed E-state index contributed by atoms with van der Waals surface area (Å²) in [5, 5.41) is 11.9. The second-order valence-corrected chi connectivity index (χ2v) is 6.31. The zero-order valence-corrected chi connectivity index (χ0v) is 14.9. The lowest BCUT2D eigenvalue weighted by Gasteiger charge is -2.04. The summed E-state index contributed by atoms with van der Waals surface area (Å²) in [7, 11) is 0. The van der Waals surface area contributed by atoms with Crippen LogP contribution in [0.15, 0.2) is 40.9 Å². The maximum absolute atomic E-state index is 13.6. The molecule has 2 aromatic heterocycles. The highest BCUT2D eigenvalue weighted by Crippen LogP contribution is 2.31. The quantitative estimate of drug-likeness (QED) is 0.494. The first-order valence-electron chi connectivity index (χ1n) is 8.27. The third-order valence-corrected chi connectivity index (χ3v) is 4.19. The smallest absolute Gasteiger partial charge is 0.325 e. The molecule has 0 N–H and O–H groups in total. The molecule has 0 bridgehead atoms. The Bertz CT molecular complexity index is 1150. The molecule has 0 amide bonds. The maximum Gasteiger partial charge on any atom is 0.325 e.